The van der Waals surface area contributed by atoms with Gasteiger partial charge >= 0.3 is 6.09 Å². The number of carbonyl (C=O) groups is 2. The van der Waals surface area contributed by atoms with E-state index in [2.05, 4.69) is 0 Å². The minimum Gasteiger partial charge on any atom is -0.453 e. The summed E-state index contributed by atoms with van der Waals surface area (Å²) in [7, 11) is 1.38. The largest absolute Gasteiger partial charge is 0.453 e. The molecule has 20 heavy (non-hydrogen) atoms. The van der Waals surface area contributed by atoms with Gasteiger partial charge in [0, 0.05) is 32.1 Å². The molecule has 6 heteroatoms. The summed E-state index contributed by atoms with van der Waals surface area (Å²) in [5.74, 6) is 1.00. The lowest BCUT2D eigenvalue weighted by molar-refractivity contribution is -0.138. The Balaban J connectivity index is 1.79. The number of hydrogen-bond donors (Lipinski definition) is 1. The van der Waals surface area contributed by atoms with Gasteiger partial charge in [0.25, 0.3) is 0 Å². The average Bonchev–Trinajstić information content (AvgIpc) is 2.53. The van der Waals surface area contributed by atoms with Gasteiger partial charge in [0.2, 0.25) is 5.91 Å². The summed E-state index contributed by atoms with van der Waals surface area (Å²) >= 11 is 0. The second kappa shape index (κ2) is 6.92. The van der Waals surface area contributed by atoms with Gasteiger partial charge in [0.1, 0.15) is 0 Å². The lowest BCUT2D eigenvalue weighted by atomic mass is 9.81. The summed E-state index contributed by atoms with van der Waals surface area (Å²) in [5.41, 5.74) is 5.68. The van der Waals surface area contributed by atoms with Crippen LogP contribution in [0.3, 0.4) is 0 Å². The summed E-state index contributed by atoms with van der Waals surface area (Å²) in [6.45, 7) is 3.10. The highest BCUT2D eigenvalue weighted by atomic mass is 16.5. The van der Waals surface area contributed by atoms with Crippen LogP contribution in [0.15, 0.2) is 0 Å². The average molecular weight is 283 g/mol. The molecule has 1 aliphatic carbocycles. The monoisotopic (exact) mass is 283 g/mol. The van der Waals surface area contributed by atoms with E-state index in [1.165, 1.54) is 7.11 Å². The van der Waals surface area contributed by atoms with E-state index < -0.39 is 0 Å². The van der Waals surface area contributed by atoms with Gasteiger partial charge in [-0.1, -0.05) is 0 Å². The van der Waals surface area contributed by atoms with Crippen molar-refractivity contribution in [1.29, 1.82) is 0 Å². The molecule has 1 heterocycles. The van der Waals surface area contributed by atoms with Crippen molar-refractivity contribution < 1.29 is 14.3 Å². The number of nitrogens with zero attached hydrogens (tertiary/aromatic N) is 2. The normalized spacial score (nSPS) is 27.3. The number of piperazine rings is 1. The summed E-state index contributed by atoms with van der Waals surface area (Å²) in [4.78, 5) is 27.4. The first kappa shape index (κ1) is 15.1. The number of carbonyl (C=O) groups excluding carboxylic acids is 2. The molecule has 0 unspecified atom stereocenters. The molecule has 2 amide bonds. The van der Waals surface area contributed by atoms with Crippen molar-refractivity contribution in [1.82, 2.24) is 9.80 Å². The van der Waals surface area contributed by atoms with Crippen LogP contribution in [0.25, 0.3) is 0 Å². The first-order valence-electron chi connectivity index (χ1n) is 7.47. The third-order valence-electron chi connectivity index (χ3n) is 4.55. The van der Waals surface area contributed by atoms with Crippen molar-refractivity contribution >= 4 is 12.0 Å². The van der Waals surface area contributed by atoms with Crippen molar-refractivity contribution in [3.63, 3.8) is 0 Å². The van der Waals surface area contributed by atoms with Gasteiger partial charge in [0.05, 0.1) is 7.11 Å². The Morgan fingerprint density at radius 1 is 1.05 bits per heavy atom. The number of amides is 2. The molecule has 2 N–H and O–H groups in total. The molecular formula is C14H25N3O3. The fourth-order valence-electron chi connectivity index (χ4n) is 3.14. The van der Waals surface area contributed by atoms with Crippen LogP contribution < -0.4 is 5.73 Å². The fourth-order valence-corrected chi connectivity index (χ4v) is 3.14. The van der Waals surface area contributed by atoms with Crippen LogP contribution in [0.4, 0.5) is 4.79 Å². The predicted octanol–water partition coefficient (Wildman–Crippen LogP) is 0.662. The highest BCUT2D eigenvalue weighted by molar-refractivity contribution is 5.79. The summed E-state index contributed by atoms with van der Waals surface area (Å²) in [5, 5.41) is 0. The molecule has 0 aromatic carbocycles. The van der Waals surface area contributed by atoms with Gasteiger partial charge in [-0.2, -0.15) is 0 Å². The first-order valence-corrected chi connectivity index (χ1v) is 7.47. The fraction of sp³-hybridized carbons (Fsp3) is 0.857. The van der Waals surface area contributed by atoms with Crippen molar-refractivity contribution in [2.45, 2.75) is 25.7 Å². The van der Waals surface area contributed by atoms with E-state index in [4.69, 9.17) is 10.5 Å². The molecule has 2 aliphatic rings. The van der Waals surface area contributed by atoms with E-state index in [1.54, 1.807) is 4.90 Å². The van der Waals surface area contributed by atoms with Crippen LogP contribution in [-0.2, 0) is 9.53 Å². The zero-order valence-corrected chi connectivity index (χ0v) is 12.2. The van der Waals surface area contributed by atoms with E-state index >= 15 is 0 Å². The van der Waals surface area contributed by atoms with Crippen LogP contribution >= 0.6 is 0 Å². The second-order valence-electron chi connectivity index (χ2n) is 5.74. The number of hydrogen-bond acceptors (Lipinski definition) is 4. The minimum absolute atomic E-state index is 0.155. The van der Waals surface area contributed by atoms with Gasteiger partial charge in [-0.3, -0.25) is 4.79 Å². The molecule has 2 rings (SSSR count). The summed E-state index contributed by atoms with van der Waals surface area (Å²) in [6.07, 6.45) is 3.74. The highest BCUT2D eigenvalue weighted by Crippen LogP contribution is 2.29. The topological polar surface area (TPSA) is 75.9 Å². The number of methoxy groups -OCH3 is 1. The maximum Gasteiger partial charge on any atom is 0.409 e. The zero-order chi connectivity index (χ0) is 14.5. The molecule has 1 saturated carbocycles. The van der Waals surface area contributed by atoms with Crippen molar-refractivity contribution in [2.75, 3.05) is 39.8 Å². The second-order valence-corrected chi connectivity index (χ2v) is 5.74. The zero-order valence-electron chi connectivity index (χ0n) is 12.2. The van der Waals surface area contributed by atoms with Crippen molar-refractivity contribution in [3.8, 4) is 0 Å². The molecular weight excluding hydrogens is 258 g/mol. The Kier molecular flexibility index (Phi) is 5.23. The highest BCUT2D eigenvalue weighted by Gasteiger charge is 2.31. The predicted molar refractivity (Wildman–Crippen MR) is 75.1 cm³/mol. The van der Waals surface area contributed by atoms with Crippen LogP contribution in [0, 0.1) is 11.8 Å². The Morgan fingerprint density at radius 3 is 2.10 bits per heavy atom. The number of nitrogens with two attached hydrogens (primary N) is 1. The SMILES string of the molecule is COC(=O)N1CCN(C(=O)C2CCC(CN)CC2)CC1. The molecule has 114 valence electrons. The molecule has 0 spiro atoms. The maximum atomic E-state index is 12.5. The molecule has 1 aliphatic heterocycles. The van der Waals surface area contributed by atoms with Crippen LogP contribution in [0.5, 0.6) is 0 Å². The Bertz CT molecular complexity index is 346. The molecule has 1 saturated heterocycles. The van der Waals surface area contributed by atoms with Crippen molar-refractivity contribution in [3.05, 3.63) is 0 Å². The molecule has 2 fully saturated rings. The van der Waals surface area contributed by atoms with E-state index in [0.29, 0.717) is 32.1 Å². The third-order valence-corrected chi connectivity index (χ3v) is 4.55. The van der Waals surface area contributed by atoms with E-state index in [-0.39, 0.29) is 17.9 Å². The molecule has 0 bridgehead atoms. The van der Waals surface area contributed by atoms with Gasteiger partial charge in [-0.05, 0) is 38.1 Å². The standard InChI is InChI=1S/C14H25N3O3/c1-20-14(19)17-8-6-16(7-9-17)13(18)12-4-2-11(10-15)3-5-12/h11-12H,2-10,15H2,1H3. The Labute approximate surface area is 120 Å². The summed E-state index contributed by atoms with van der Waals surface area (Å²) in [6, 6.07) is 0. The third kappa shape index (κ3) is 3.42. The van der Waals surface area contributed by atoms with Gasteiger partial charge in [0.15, 0.2) is 0 Å². The first-order chi connectivity index (χ1) is 9.65. The van der Waals surface area contributed by atoms with Crippen LogP contribution in [0.2, 0.25) is 0 Å². The Hall–Kier alpha value is -1.30. The summed E-state index contributed by atoms with van der Waals surface area (Å²) < 4.78 is 4.70. The molecule has 0 atom stereocenters. The van der Waals surface area contributed by atoms with Crippen LogP contribution in [-0.4, -0.2) is 61.6 Å². The van der Waals surface area contributed by atoms with Gasteiger partial charge in [-0.25, -0.2) is 4.79 Å². The smallest absolute Gasteiger partial charge is 0.409 e. The quantitative estimate of drug-likeness (QED) is 0.808. The van der Waals surface area contributed by atoms with Crippen LogP contribution in [0.1, 0.15) is 25.7 Å². The van der Waals surface area contributed by atoms with E-state index in [0.717, 1.165) is 32.2 Å². The maximum absolute atomic E-state index is 12.5. The number of ether oxygens (including phenoxy) is 1. The van der Waals surface area contributed by atoms with Gasteiger partial charge < -0.3 is 20.3 Å². The molecule has 0 aromatic rings. The Morgan fingerprint density at radius 2 is 1.60 bits per heavy atom. The molecule has 0 aromatic heterocycles. The van der Waals surface area contributed by atoms with E-state index in [9.17, 15) is 9.59 Å². The minimum atomic E-state index is -0.305. The van der Waals surface area contributed by atoms with E-state index in [1.807, 2.05) is 4.90 Å². The number of rotatable bonds is 2. The van der Waals surface area contributed by atoms with Crippen molar-refractivity contribution in [2.24, 2.45) is 17.6 Å². The lowest BCUT2D eigenvalue weighted by Crippen LogP contribution is -2.52. The molecule has 6 nitrogen and oxygen atoms in total. The molecule has 0 radical (unpaired) electrons. The van der Waals surface area contributed by atoms with Gasteiger partial charge in [-0.15, -0.1) is 0 Å². The lowest BCUT2D eigenvalue weighted by Gasteiger charge is -2.37.